The summed E-state index contributed by atoms with van der Waals surface area (Å²) in [7, 11) is -3.70. The van der Waals surface area contributed by atoms with E-state index in [1.807, 2.05) is 13.8 Å². The number of thiophene rings is 1. The van der Waals surface area contributed by atoms with Crippen molar-refractivity contribution in [3.63, 3.8) is 0 Å². The molecule has 2 aromatic heterocycles. The Bertz CT molecular complexity index is 1030. The van der Waals surface area contributed by atoms with Gasteiger partial charge in [-0.2, -0.15) is 0 Å². The zero-order valence-electron chi connectivity index (χ0n) is 14.2. The fourth-order valence-corrected chi connectivity index (χ4v) is 6.18. The minimum absolute atomic E-state index is 0.275. The van der Waals surface area contributed by atoms with Gasteiger partial charge in [-0.1, -0.05) is 17.7 Å². The molecule has 1 N–H and O–H groups in total. The average molecular weight is 413 g/mol. The molecule has 132 valence electrons. The normalized spacial score (nSPS) is 11.7. The molecule has 0 amide bonds. The lowest BCUT2D eigenvalue weighted by molar-refractivity contribution is 0.601. The van der Waals surface area contributed by atoms with Crippen molar-refractivity contribution in [1.82, 2.24) is 4.98 Å². The first-order valence-electron chi connectivity index (χ1n) is 7.52. The molecule has 25 heavy (non-hydrogen) atoms. The molecule has 8 heteroatoms. The number of sulfonamides is 1. The molecule has 0 saturated heterocycles. The van der Waals surface area contributed by atoms with Gasteiger partial charge in [-0.15, -0.1) is 22.7 Å². The first-order chi connectivity index (χ1) is 11.7. The number of halogens is 1. The lowest BCUT2D eigenvalue weighted by Gasteiger charge is -2.11. The summed E-state index contributed by atoms with van der Waals surface area (Å²) in [4.78, 5) is 7.53. The van der Waals surface area contributed by atoms with E-state index in [2.05, 4.69) is 9.71 Å². The number of aromatic nitrogens is 1. The molecule has 1 aromatic carbocycles. The maximum atomic E-state index is 12.8. The molecule has 0 saturated carbocycles. The third-order valence-electron chi connectivity index (χ3n) is 3.91. The Morgan fingerprint density at radius 2 is 1.80 bits per heavy atom. The van der Waals surface area contributed by atoms with Gasteiger partial charge in [-0.05, 0) is 51.5 Å². The number of hydrogen-bond acceptors (Lipinski definition) is 5. The van der Waals surface area contributed by atoms with Gasteiger partial charge in [-0.25, -0.2) is 13.4 Å². The van der Waals surface area contributed by atoms with Crippen molar-refractivity contribution >= 4 is 50.0 Å². The Morgan fingerprint density at radius 1 is 1.08 bits per heavy atom. The smallest absolute Gasteiger partial charge is 0.263 e. The summed E-state index contributed by atoms with van der Waals surface area (Å²) in [6, 6.07) is 6.85. The maximum absolute atomic E-state index is 12.8. The van der Waals surface area contributed by atoms with Crippen molar-refractivity contribution in [2.45, 2.75) is 32.6 Å². The van der Waals surface area contributed by atoms with Crippen LogP contribution in [0.25, 0.3) is 9.88 Å². The predicted octanol–water partition coefficient (Wildman–Crippen LogP) is 5.56. The Labute approximate surface area is 160 Å². The van der Waals surface area contributed by atoms with Crippen LogP contribution in [0.5, 0.6) is 0 Å². The number of aryl methyl sites for hydroxylation is 3. The SMILES string of the molecule is Cc1nc(-c2cc(S(=O)(=O)Nc3cccc(Cl)c3C)c(C)s2)sc1C. The third-order valence-corrected chi connectivity index (χ3v) is 8.24. The molecule has 0 aliphatic rings. The van der Waals surface area contributed by atoms with E-state index in [0.29, 0.717) is 16.3 Å². The fraction of sp³-hybridized carbons (Fsp3) is 0.235. The standard InChI is InChI=1S/C17H17ClN2O2S3/c1-9-13(18)6-5-7-14(9)20-25(21,22)16-8-15(23-12(16)4)17-19-10(2)11(3)24-17/h5-8,20H,1-4H3. The second kappa shape index (κ2) is 6.72. The summed E-state index contributed by atoms with van der Waals surface area (Å²) < 4.78 is 28.3. The predicted molar refractivity (Wildman–Crippen MR) is 107 cm³/mol. The molecule has 4 nitrogen and oxygen atoms in total. The molecule has 2 heterocycles. The number of nitrogens with zero attached hydrogens (tertiary/aromatic N) is 1. The lowest BCUT2D eigenvalue weighted by Crippen LogP contribution is -2.14. The molecule has 0 aliphatic carbocycles. The van der Waals surface area contributed by atoms with Crippen LogP contribution in [0.3, 0.4) is 0 Å². The average Bonchev–Trinajstić information content (AvgIpc) is 3.08. The second-order valence-corrected chi connectivity index (χ2v) is 10.2. The van der Waals surface area contributed by atoms with Gasteiger partial charge in [0.2, 0.25) is 0 Å². The van der Waals surface area contributed by atoms with Gasteiger partial charge in [0.25, 0.3) is 10.0 Å². The van der Waals surface area contributed by atoms with E-state index in [1.165, 1.54) is 11.3 Å². The second-order valence-electron chi connectivity index (χ2n) is 5.71. The van der Waals surface area contributed by atoms with Crippen molar-refractivity contribution < 1.29 is 8.42 Å². The quantitative estimate of drug-likeness (QED) is 0.610. The number of rotatable bonds is 4. The summed E-state index contributed by atoms with van der Waals surface area (Å²) in [5, 5.41) is 1.38. The van der Waals surface area contributed by atoms with Crippen LogP contribution in [0, 0.1) is 27.7 Å². The van der Waals surface area contributed by atoms with Crippen LogP contribution in [0.2, 0.25) is 5.02 Å². The van der Waals surface area contributed by atoms with E-state index in [4.69, 9.17) is 11.6 Å². The third kappa shape index (κ3) is 3.60. The number of thiazole rings is 1. The topological polar surface area (TPSA) is 59.1 Å². The van der Waals surface area contributed by atoms with E-state index >= 15 is 0 Å². The van der Waals surface area contributed by atoms with Crippen LogP contribution < -0.4 is 4.72 Å². The van der Waals surface area contributed by atoms with Crippen LogP contribution in [-0.4, -0.2) is 13.4 Å². The molecule has 0 fully saturated rings. The van der Waals surface area contributed by atoms with Crippen LogP contribution in [0.15, 0.2) is 29.2 Å². The number of anilines is 1. The van der Waals surface area contributed by atoms with Crippen molar-refractivity contribution in [1.29, 1.82) is 0 Å². The zero-order valence-corrected chi connectivity index (χ0v) is 17.4. The van der Waals surface area contributed by atoms with Gasteiger partial charge >= 0.3 is 0 Å². The van der Waals surface area contributed by atoms with Gasteiger partial charge in [0, 0.05) is 14.8 Å². The first-order valence-corrected chi connectivity index (χ1v) is 11.0. The number of hydrogen-bond donors (Lipinski definition) is 1. The summed E-state index contributed by atoms with van der Waals surface area (Å²) in [6.45, 7) is 7.56. The monoisotopic (exact) mass is 412 g/mol. The van der Waals surface area contributed by atoms with E-state index in [0.717, 1.165) is 25.3 Å². The minimum atomic E-state index is -3.70. The molecule has 0 spiro atoms. The molecule has 0 atom stereocenters. The summed E-state index contributed by atoms with van der Waals surface area (Å²) in [6.07, 6.45) is 0. The zero-order chi connectivity index (χ0) is 18.4. The molecule has 3 rings (SSSR count). The molecule has 0 bridgehead atoms. The Kier molecular flexibility index (Phi) is 4.94. The van der Waals surface area contributed by atoms with Gasteiger partial charge in [-0.3, -0.25) is 4.72 Å². The molecular formula is C17H17ClN2O2S3. The van der Waals surface area contributed by atoms with E-state index in [-0.39, 0.29) is 4.90 Å². The van der Waals surface area contributed by atoms with Crippen LogP contribution in [0.1, 0.15) is 21.0 Å². The van der Waals surface area contributed by atoms with Crippen LogP contribution >= 0.6 is 34.3 Å². The number of benzene rings is 1. The highest BCUT2D eigenvalue weighted by atomic mass is 35.5. The molecular weight excluding hydrogens is 396 g/mol. The fourth-order valence-electron chi connectivity index (χ4n) is 2.33. The Hall–Kier alpha value is -1.41. The lowest BCUT2D eigenvalue weighted by atomic mass is 10.2. The Balaban J connectivity index is 1.99. The van der Waals surface area contributed by atoms with Crippen LogP contribution in [0.4, 0.5) is 5.69 Å². The summed E-state index contributed by atoms with van der Waals surface area (Å²) in [5.41, 5.74) is 2.16. The first kappa shape index (κ1) is 18.4. The minimum Gasteiger partial charge on any atom is -0.279 e. The van der Waals surface area contributed by atoms with Crippen molar-refractivity contribution in [3.8, 4) is 9.88 Å². The van der Waals surface area contributed by atoms with Gasteiger partial charge < -0.3 is 0 Å². The van der Waals surface area contributed by atoms with Crippen LogP contribution in [-0.2, 0) is 10.0 Å². The largest absolute Gasteiger partial charge is 0.279 e. The Morgan fingerprint density at radius 3 is 2.44 bits per heavy atom. The molecule has 3 aromatic rings. The van der Waals surface area contributed by atoms with E-state index in [1.54, 1.807) is 49.4 Å². The van der Waals surface area contributed by atoms with Gasteiger partial charge in [0.15, 0.2) is 0 Å². The summed E-state index contributed by atoms with van der Waals surface area (Å²) in [5.74, 6) is 0. The highest BCUT2D eigenvalue weighted by Gasteiger charge is 2.22. The number of nitrogens with one attached hydrogen (secondary N) is 1. The van der Waals surface area contributed by atoms with E-state index in [9.17, 15) is 8.42 Å². The highest BCUT2D eigenvalue weighted by molar-refractivity contribution is 7.93. The maximum Gasteiger partial charge on any atom is 0.263 e. The van der Waals surface area contributed by atoms with Gasteiger partial charge in [0.1, 0.15) is 9.90 Å². The molecule has 0 aliphatic heterocycles. The molecule has 0 radical (unpaired) electrons. The summed E-state index contributed by atoms with van der Waals surface area (Å²) >= 11 is 9.09. The van der Waals surface area contributed by atoms with Crippen molar-refractivity contribution in [2.24, 2.45) is 0 Å². The van der Waals surface area contributed by atoms with Crippen molar-refractivity contribution in [3.05, 3.63) is 50.3 Å². The van der Waals surface area contributed by atoms with Crippen molar-refractivity contribution in [2.75, 3.05) is 4.72 Å². The van der Waals surface area contributed by atoms with Gasteiger partial charge in [0.05, 0.1) is 16.3 Å². The molecule has 0 unspecified atom stereocenters. The van der Waals surface area contributed by atoms with E-state index < -0.39 is 10.0 Å². The highest BCUT2D eigenvalue weighted by Crippen LogP contribution is 2.37.